The number of carbonyl (C=O) groups excluding carboxylic acids is 1. The number of benzene rings is 3. The van der Waals surface area contributed by atoms with Gasteiger partial charge in [-0.1, -0.05) is 41.4 Å². The van der Waals surface area contributed by atoms with Crippen LogP contribution in [0.25, 0.3) is 6.08 Å². The van der Waals surface area contributed by atoms with Crippen LogP contribution in [0.3, 0.4) is 0 Å². The van der Waals surface area contributed by atoms with Crippen molar-refractivity contribution in [1.29, 1.82) is 0 Å². The van der Waals surface area contributed by atoms with Crippen LogP contribution >= 0.6 is 35.0 Å². The van der Waals surface area contributed by atoms with Gasteiger partial charge in [-0.25, -0.2) is 4.99 Å². The van der Waals surface area contributed by atoms with Crippen LogP contribution in [0.2, 0.25) is 10.0 Å². The fourth-order valence-corrected chi connectivity index (χ4v) is 4.30. The molecule has 0 aromatic heterocycles. The van der Waals surface area contributed by atoms with Gasteiger partial charge in [0, 0.05) is 15.6 Å². The van der Waals surface area contributed by atoms with Crippen molar-refractivity contribution in [2.45, 2.75) is 13.5 Å². The Morgan fingerprint density at radius 2 is 1.67 bits per heavy atom. The van der Waals surface area contributed by atoms with Gasteiger partial charge in [0.05, 0.1) is 17.2 Å². The Morgan fingerprint density at radius 1 is 0.970 bits per heavy atom. The number of thioether (sulfide) groups is 1. The Labute approximate surface area is 206 Å². The minimum atomic E-state index is -0.178. The average molecular weight is 499 g/mol. The molecule has 0 spiro atoms. The van der Waals surface area contributed by atoms with Gasteiger partial charge in [-0.2, -0.15) is 0 Å². The minimum absolute atomic E-state index is 0.178. The monoisotopic (exact) mass is 498 g/mol. The van der Waals surface area contributed by atoms with E-state index in [1.165, 1.54) is 11.8 Å². The quantitative estimate of drug-likeness (QED) is 0.361. The highest BCUT2D eigenvalue weighted by Gasteiger charge is 2.23. The zero-order valence-corrected chi connectivity index (χ0v) is 20.0. The van der Waals surface area contributed by atoms with Gasteiger partial charge in [-0.05, 0) is 78.9 Å². The number of ether oxygens (including phenoxy) is 2. The summed E-state index contributed by atoms with van der Waals surface area (Å²) in [7, 11) is 0. The Bertz CT molecular complexity index is 1210. The van der Waals surface area contributed by atoms with E-state index >= 15 is 0 Å². The number of amides is 1. The van der Waals surface area contributed by atoms with Crippen LogP contribution in [0.5, 0.6) is 11.5 Å². The molecular formula is C25H20Cl2N2O3S. The number of nitrogens with zero attached hydrogens (tertiary/aromatic N) is 1. The second-order valence-corrected chi connectivity index (χ2v) is 8.88. The first kappa shape index (κ1) is 23.2. The minimum Gasteiger partial charge on any atom is -0.494 e. The molecule has 1 aliphatic heterocycles. The van der Waals surface area contributed by atoms with Crippen LogP contribution in [0, 0.1) is 0 Å². The summed E-state index contributed by atoms with van der Waals surface area (Å²) in [6, 6.07) is 20.2. The zero-order valence-electron chi connectivity index (χ0n) is 17.7. The summed E-state index contributed by atoms with van der Waals surface area (Å²) < 4.78 is 11.2. The SMILES string of the molecule is CCOc1ccc(N=C2NC(=O)/C(=C/c3ccc(OCc4ccc(Cl)cc4Cl)cc3)S2)cc1. The Kier molecular flexibility index (Phi) is 7.60. The first-order chi connectivity index (χ1) is 16.0. The lowest BCUT2D eigenvalue weighted by Crippen LogP contribution is -2.19. The van der Waals surface area contributed by atoms with Gasteiger partial charge in [0.1, 0.15) is 18.1 Å². The molecule has 0 radical (unpaired) electrons. The molecule has 168 valence electrons. The van der Waals surface area contributed by atoms with E-state index in [-0.39, 0.29) is 5.91 Å². The Hall–Kier alpha value is -2.93. The molecule has 1 amide bonds. The Balaban J connectivity index is 1.38. The van der Waals surface area contributed by atoms with E-state index in [2.05, 4.69) is 10.3 Å². The molecule has 4 rings (SSSR count). The standard InChI is InChI=1S/C25H20Cl2N2O3S/c1-2-31-20-11-7-19(8-12-20)28-25-29-24(30)23(33-25)13-16-3-9-21(10-4-16)32-15-17-5-6-18(26)14-22(17)27/h3-14H,2,15H2,1H3,(H,28,29,30)/b23-13-. The van der Waals surface area contributed by atoms with Gasteiger partial charge in [0.2, 0.25) is 0 Å². The van der Waals surface area contributed by atoms with E-state index in [9.17, 15) is 4.79 Å². The number of nitrogens with one attached hydrogen (secondary N) is 1. The van der Waals surface area contributed by atoms with Crippen molar-refractivity contribution in [2.24, 2.45) is 4.99 Å². The molecule has 8 heteroatoms. The first-order valence-electron chi connectivity index (χ1n) is 10.2. The normalized spacial score (nSPS) is 15.7. The van der Waals surface area contributed by atoms with E-state index in [1.807, 2.05) is 67.6 Å². The lowest BCUT2D eigenvalue weighted by Gasteiger charge is -2.08. The van der Waals surface area contributed by atoms with Crippen molar-refractivity contribution in [2.75, 3.05) is 6.61 Å². The summed E-state index contributed by atoms with van der Waals surface area (Å²) in [6.07, 6.45) is 1.82. The topological polar surface area (TPSA) is 59.9 Å². The first-order valence-corrected chi connectivity index (χ1v) is 11.8. The second kappa shape index (κ2) is 10.8. The van der Waals surface area contributed by atoms with Gasteiger partial charge < -0.3 is 14.8 Å². The summed E-state index contributed by atoms with van der Waals surface area (Å²) >= 11 is 13.4. The molecule has 33 heavy (non-hydrogen) atoms. The summed E-state index contributed by atoms with van der Waals surface area (Å²) in [5, 5.41) is 4.49. The fraction of sp³-hybridized carbons (Fsp3) is 0.120. The summed E-state index contributed by atoms with van der Waals surface area (Å²) in [5.74, 6) is 1.31. The molecule has 0 saturated carbocycles. The lowest BCUT2D eigenvalue weighted by molar-refractivity contribution is -0.115. The molecule has 0 unspecified atom stereocenters. The van der Waals surface area contributed by atoms with Crippen LogP contribution in [0.1, 0.15) is 18.1 Å². The fourth-order valence-electron chi connectivity index (χ4n) is 2.99. The molecule has 1 N–H and O–H groups in total. The third kappa shape index (κ3) is 6.32. The van der Waals surface area contributed by atoms with Gasteiger partial charge in [-0.15, -0.1) is 0 Å². The highest BCUT2D eigenvalue weighted by molar-refractivity contribution is 8.18. The maximum Gasteiger partial charge on any atom is 0.264 e. The largest absolute Gasteiger partial charge is 0.494 e. The predicted octanol–water partition coefficient (Wildman–Crippen LogP) is 6.86. The van der Waals surface area contributed by atoms with Crippen molar-refractivity contribution in [3.05, 3.63) is 92.8 Å². The third-order valence-electron chi connectivity index (χ3n) is 4.62. The van der Waals surface area contributed by atoms with Crippen LogP contribution in [-0.2, 0) is 11.4 Å². The van der Waals surface area contributed by atoms with E-state index in [1.54, 1.807) is 12.1 Å². The Morgan fingerprint density at radius 3 is 2.36 bits per heavy atom. The molecule has 0 bridgehead atoms. The van der Waals surface area contributed by atoms with Gasteiger partial charge >= 0.3 is 0 Å². The van der Waals surface area contributed by atoms with Crippen LogP contribution in [0.4, 0.5) is 5.69 Å². The number of hydrogen-bond acceptors (Lipinski definition) is 5. The third-order valence-corrected chi connectivity index (χ3v) is 6.11. The van der Waals surface area contributed by atoms with E-state index in [0.717, 1.165) is 22.6 Å². The summed E-state index contributed by atoms with van der Waals surface area (Å²) in [5.41, 5.74) is 2.47. The van der Waals surface area contributed by atoms with Crippen molar-refractivity contribution in [3.63, 3.8) is 0 Å². The van der Waals surface area contributed by atoms with Crippen LogP contribution < -0.4 is 14.8 Å². The summed E-state index contributed by atoms with van der Waals surface area (Å²) in [4.78, 5) is 17.4. The van der Waals surface area contributed by atoms with Crippen LogP contribution in [0.15, 0.2) is 76.6 Å². The lowest BCUT2D eigenvalue weighted by atomic mass is 10.2. The molecule has 3 aromatic rings. The van der Waals surface area contributed by atoms with Crippen molar-refractivity contribution in [1.82, 2.24) is 5.32 Å². The van der Waals surface area contributed by atoms with Gasteiger partial charge in [0.15, 0.2) is 5.17 Å². The number of aliphatic imine (C=N–C) groups is 1. The molecule has 1 fully saturated rings. The molecular weight excluding hydrogens is 479 g/mol. The average Bonchev–Trinajstić information content (AvgIpc) is 3.14. The smallest absolute Gasteiger partial charge is 0.264 e. The highest BCUT2D eigenvalue weighted by Crippen LogP contribution is 2.29. The molecule has 1 aliphatic rings. The van der Waals surface area contributed by atoms with E-state index in [0.29, 0.717) is 39.1 Å². The van der Waals surface area contributed by atoms with Crippen LogP contribution in [-0.4, -0.2) is 17.7 Å². The molecule has 0 aliphatic carbocycles. The molecule has 5 nitrogen and oxygen atoms in total. The number of amidine groups is 1. The maximum absolute atomic E-state index is 12.4. The van der Waals surface area contributed by atoms with Crippen molar-refractivity contribution in [3.8, 4) is 11.5 Å². The second-order valence-electron chi connectivity index (χ2n) is 7.00. The number of rotatable bonds is 7. The zero-order chi connectivity index (χ0) is 23.2. The van der Waals surface area contributed by atoms with Gasteiger partial charge in [-0.3, -0.25) is 4.79 Å². The molecule has 1 saturated heterocycles. The number of carbonyl (C=O) groups is 1. The van der Waals surface area contributed by atoms with E-state index < -0.39 is 0 Å². The molecule has 3 aromatic carbocycles. The maximum atomic E-state index is 12.4. The predicted molar refractivity (Wildman–Crippen MR) is 136 cm³/mol. The summed E-state index contributed by atoms with van der Waals surface area (Å²) in [6.45, 7) is 2.88. The molecule has 1 heterocycles. The van der Waals surface area contributed by atoms with E-state index in [4.69, 9.17) is 32.7 Å². The van der Waals surface area contributed by atoms with Gasteiger partial charge in [0.25, 0.3) is 5.91 Å². The number of hydrogen-bond donors (Lipinski definition) is 1. The van der Waals surface area contributed by atoms with Crippen molar-refractivity contribution < 1.29 is 14.3 Å². The molecule has 0 atom stereocenters. The number of halogens is 2. The highest BCUT2D eigenvalue weighted by atomic mass is 35.5. The van der Waals surface area contributed by atoms with Crippen molar-refractivity contribution >= 4 is 57.8 Å².